The number of thiophene rings is 1. The van der Waals surface area contributed by atoms with Crippen LogP contribution in [0.2, 0.25) is 0 Å². The molecule has 1 aromatic carbocycles. The van der Waals surface area contributed by atoms with E-state index in [1.807, 2.05) is 17.5 Å². The van der Waals surface area contributed by atoms with Gasteiger partial charge in [0.1, 0.15) is 17.7 Å². The van der Waals surface area contributed by atoms with Gasteiger partial charge in [0.05, 0.1) is 36.7 Å². The van der Waals surface area contributed by atoms with Crippen molar-refractivity contribution in [2.24, 2.45) is 5.41 Å². The van der Waals surface area contributed by atoms with E-state index >= 15 is 4.39 Å². The molecule has 1 atom stereocenters. The maximum absolute atomic E-state index is 15.5. The van der Waals surface area contributed by atoms with Crippen LogP contribution in [0.25, 0.3) is 10.9 Å². The standard InChI is InChI=1S/C27H28F2N2O3S/c1-34-19-6-7-24-21(16-19)26(23(29)18-30-24)22(28)8-9-27(17-25(32)33)10-13-31(14-11-27)12-2-4-20-5-3-15-35-20/h3,5-7,15-16,18,22H,8-14,17H2,1H3,(H,32,33)/t22-/m0/s1. The third kappa shape index (κ3) is 6.16. The highest BCUT2D eigenvalue weighted by atomic mass is 32.1. The van der Waals surface area contributed by atoms with E-state index in [1.165, 1.54) is 7.11 Å². The number of alkyl halides is 1. The number of halogens is 2. The summed E-state index contributed by atoms with van der Waals surface area (Å²) in [6.07, 6.45) is 1.12. The lowest BCUT2D eigenvalue weighted by molar-refractivity contribution is -0.141. The molecule has 184 valence electrons. The number of carbonyl (C=O) groups is 1. The monoisotopic (exact) mass is 498 g/mol. The van der Waals surface area contributed by atoms with Crippen molar-refractivity contribution in [1.82, 2.24) is 9.88 Å². The number of hydrogen-bond acceptors (Lipinski definition) is 5. The van der Waals surface area contributed by atoms with Crippen LogP contribution in [0.3, 0.4) is 0 Å². The minimum atomic E-state index is -1.58. The molecule has 1 aliphatic heterocycles. The van der Waals surface area contributed by atoms with E-state index in [9.17, 15) is 14.3 Å². The van der Waals surface area contributed by atoms with E-state index in [0.717, 1.165) is 11.1 Å². The topological polar surface area (TPSA) is 62.7 Å². The third-order valence-electron chi connectivity index (χ3n) is 6.79. The largest absolute Gasteiger partial charge is 0.497 e. The van der Waals surface area contributed by atoms with Crippen LogP contribution in [0.5, 0.6) is 5.75 Å². The van der Waals surface area contributed by atoms with Gasteiger partial charge in [0, 0.05) is 10.9 Å². The summed E-state index contributed by atoms with van der Waals surface area (Å²) in [5.41, 5.74) is -0.0760. The molecular weight excluding hydrogens is 470 g/mol. The van der Waals surface area contributed by atoms with Crippen LogP contribution in [0.15, 0.2) is 41.9 Å². The molecule has 35 heavy (non-hydrogen) atoms. The predicted molar refractivity (Wildman–Crippen MR) is 133 cm³/mol. The normalized spacial score (nSPS) is 16.4. The van der Waals surface area contributed by atoms with Gasteiger partial charge in [-0.05, 0) is 73.8 Å². The molecule has 1 N–H and O–H groups in total. The van der Waals surface area contributed by atoms with Crippen LogP contribution in [-0.2, 0) is 4.79 Å². The Morgan fingerprint density at radius 2 is 2.14 bits per heavy atom. The molecule has 0 aliphatic carbocycles. The number of pyridine rings is 1. The average molecular weight is 499 g/mol. The number of rotatable bonds is 8. The fraction of sp³-hybridized carbons (Fsp3) is 0.407. The molecule has 1 aliphatic rings. The molecule has 0 amide bonds. The van der Waals surface area contributed by atoms with Gasteiger partial charge in [-0.25, -0.2) is 8.78 Å². The van der Waals surface area contributed by atoms with Gasteiger partial charge in [-0.3, -0.25) is 14.7 Å². The Balaban J connectivity index is 1.44. The summed E-state index contributed by atoms with van der Waals surface area (Å²) in [5.74, 6) is 5.23. The number of ether oxygens (including phenoxy) is 1. The summed E-state index contributed by atoms with van der Waals surface area (Å²) >= 11 is 1.60. The van der Waals surface area contributed by atoms with E-state index in [1.54, 1.807) is 29.5 Å². The molecule has 2 aromatic heterocycles. The number of methoxy groups -OCH3 is 1. The quantitative estimate of drug-likeness (QED) is 0.395. The van der Waals surface area contributed by atoms with Crippen molar-refractivity contribution >= 4 is 28.2 Å². The smallest absolute Gasteiger partial charge is 0.303 e. The zero-order valence-electron chi connectivity index (χ0n) is 19.6. The molecule has 0 radical (unpaired) electrons. The summed E-state index contributed by atoms with van der Waals surface area (Å²) in [5, 5.41) is 11.9. The second kappa shape index (κ2) is 11.1. The molecule has 8 heteroatoms. The number of carboxylic acid groups (broad SMARTS) is 1. The molecule has 0 saturated carbocycles. The maximum Gasteiger partial charge on any atom is 0.303 e. The van der Waals surface area contributed by atoms with Crippen LogP contribution in [0.4, 0.5) is 8.78 Å². The summed E-state index contributed by atoms with van der Waals surface area (Å²) < 4.78 is 35.4. The van der Waals surface area contributed by atoms with E-state index in [0.29, 0.717) is 55.5 Å². The number of fused-ring (bicyclic) bond motifs is 1. The highest BCUT2D eigenvalue weighted by molar-refractivity contribution is 7.10. The highest BCUT2D eigenvalue weighted by Gasteiger charge is 2.37. The number of carboxylic acids is 1. The molecule has 4 rings (SSSR count). The van der Waals surface area contributed by atoms with E-state index in [-0.39, 0.29) is 18.4 Å². The Hall–Kier alpha value is -3.02. The fourth-order valence-electron chi connectivity index (χ4n) is 4.80. The number of benzene rings is 1. The Kier molecular flexibility index (Phi) is 7.99. The lowest BCUT2D eigenvalue weighted by Gasteiger charge is -2.41. The van der Waals surface area contributed by atoms with Gasteiger partial charge >= 0.3 is 5.97 Å². The van der Waals surface area contributed by atoms with Gasteiger partial charge in [-0.1, -0.05) is 17.9 Å². The van der Waals surface area contributed by atoms with Crippen LogP contribution in [-0.4, -0.2) is 47.7 Å². The van der Waals surface area contributed by atoms with Gasteiger partial charge in [-0.15, -0.1) is 11.3 Å². The van der Waals surface area contributed by atoms with Crippen LogP contribution < -0.4 is 4.74 Å². The summed E-state index contributed by atoms with van der Waals surface area (Å²) in [4.78, 5) is 18.9. The Morgan fingerprint density at radius 1 is 1.34 bits per heavy atom. The molecular formula is C27H28F2N2O3S. The van der Waals surface area contributed by atoms with Crippen molar-refractivity contribution < 1.29 is 23.4 Å². The number of likely N-dealkylation sites (tertiary alicyclic amines) is 1. The number of hydrogen-bond donors (Lipinski definition) is 1. The summed E-state index contributed by atoms with van der Waals surface area (Å²) in [7, 11) is 1.50. The first-order valence-corrected chi connectivity index (χ1v) is 12.5. The summed E-state index contributed by atoms with van der Waals surface area (Å²) in [6.45, 7) is 2.02. The Labute approximate surface area is 207 Å². The number of nitrogens with zero attached hydrogens (tertiary/aromatic N) is 2. The zero-order valence-corrected chi connectivity index (χ0v) is 20.4. The maximum atomic E-state index is 15.5. The molecule has 5 nitrogen and oxygen atoms in total. The number of aromatic nitrogens is 1. The van der Waals surface area contributed by atoms with Gasteiger partial charge in [0.25, 0.3) is 0 Å². The second-order valence-electron chi connectivity index (χ2n) is 9.03. The minimum Gasteiger partial charge on any atom is -0.497 e. The van der Waals surface area contributed by atoms with Crippen LogP contribution in [0.1, 0.15) is 48.7 Å². The van der Waals surface area contributed by atoms with Gasteiger partial charge in [0.15, 0.2) is 0 Å². The highest BCUT2D eigenvalue weighted by Crippen LogP contribution is 2.43. The molecule has 3 aromatic rings. The first kappa shape index (κ1) is 25.1. The van der Waals surface area contributed by atoms with Crippen molar-refractivity contribution in [3.05, 3.63) is 58.2 Å². The van der Waals surface area contributed by atoms with Crippen molar-refractivity contribution in [2.75, 3.05) is 26.7 Å². The molecule has 1 fully saturated rings. The molecule has 0 spiro atoms. The number of piperidine rings is 1. The van der Waals surface area contributed by atoms with Crippen LogP contribution >= 0.6 is 11.3 Å². The lowest BCUT2D eigenvalue weighted by Crippen LogP contribution is -2.41. The van der Waals surface area contributed by atoms with E-state index in [2.05, 4.69) is 21.7 Å². The van der Waals surface area contributed by atoms with Crippen molar-refractivity contribution in [1.29, 1.82) is 0 Å². The minimum absolute atomic E-state index is 0.0260. The predicted octanol–water partition coefficient (Wildman–Crippen LogP) is 5.84. The van der Waals surface area contributed by atoms with Gasteiger partial charge in [0.2, 0.25) is 0 Å². The third-order valence-corrected chi connectivity index (χ3v) is 7.57. The van der Waals surface area contributed by atoms with E-state index in [4.69, 9.17) is 4.74 Å². The second-order valence-corrected chi connectivity index (χ2v) is 9.98. The lowest BCUT2D eigenvalue weighted by atomic mass is 9.71. The van der Waals surface area contributed by atoms with Gasteiger partial charge in [-0.2, -0.15) is 0 Å². The summed E-state index contributed by atoms with van der Waals surface area (Å²) in [6, 6.07) is 8.91. The SMILES string of the molecule is COc1ccc2ncc(F)c([C@@H](F)CCC3(CC(=O)O)CCN(CC#Cc4cccs4)CC3)c2c1. The molecule has 3 heterocycles. The van der Waals surface area contributed by atoms with Gasteiger partial charge < -0.3 is 9.84 Å². The zero-order chi connectivity index (χ0) is 24.8. The first-order valence-electron chi connectivity index (χ1n) is 11.6. The van der Waals surface area contributed by atoms with Crippen molar-refractivity contribution in [3.63, 3.8) is 0 Å². The molecule has 1 saturated heterocycles. The Bertz CT molecular complexity index is 1230. The molecule has 0 bridgehead atoms. The van der Waals surface area contributed by atoms with E-state index < -0.39 is 23.4 Å². The Morgan fingerprint density at radius 3 is 2.83 bits per heavy atom. The average Bonchev–Trinajstić information content (AvgIpc) is 3.36. The number of aliphatic carboxylic acids is 1. The first-order chi connectivity index (χ1) is 16.9. The van der Waals surface area contributed by atoms with Crippen molar-refractivity contribution in [2.45, 2.75) is 38.3 Å². The fourth-order valence-corrected chi connectivity index (χ4v) is 5.39. The van der Waals surface area contributed by atoms with Crippen LogP contribution in [0, 0.1) is 23.1 Å². The van der Waals surface area contributed by atoms with Crippen molar-refractivity contribution in [3.8, 4) is 17.6 Å². The molecule has 0 unspecified atom stereocenters.